The first-order chi connectivity index (χ1) is 5.06. The van der Waals surface area contributed by atoms with Gasteiger partial charge < -0.3 is 0 Å². The van der Waals surface area contributed by atoms with E-state index in [9.17, 15) is 0 Å². The molecule has 0 fully saturated rings. The molecule has 11 heavy (non-hydrogen) atoms. The first kappa shape index (κ1) is 11.4. The van der Waals surface area contributed by atoms with Gasteiger partial charge in [-0.2, -0.15) is 0 Å². The average Bonchev–Trinajstić information content (AvgIpc) is 2.00. The van der Waals surface area contributed by atoms with E-state index in [0.29, 0.717) is 0 Å². The van der Waals surface area contributed by atoms with Gasteiger partial charge >= 0.3 is 72.4 Å². The second-order valence-electron chi connectivity index (χ2n) is 4.27. The van der Waals surface area contributed by atoms with Crippen molar-refractivity contribution < 1.29 is 0 Å². The van der Waals surface area contributed by atoms with Crippen LogP contribution >= 0.6 is 7.26 Å². The van der Waals surface area contributed by atoms with Gasteiger partial charge in [0.25, 0.3) is 0 Å². The number of unbranched alkanes of at least 4 members (excludes halogenated alkanes) is 1. The van der Waals surface area contributed by atoms with Crippen LogP contribution in [0.15, 0.2) is 0 Å². The normalized spacial score (nSPS) is 14.0. The molecule has 0 aromatic rings. The van der Waals surface area contributed by atoms with Crippen molar-refractivity contribution in [1.82, 2.24) is 0 Å². The third-order valence-corrected chi connectivity index (χ3v) is 9.20. The van der Waals surface area contributed by atoms with Crippen molar-refractivity contribution in [1.29, 1.82) is 0 Å². The SMILES string of the molecule is CCCC[PH](C)(CC)C(C)C. The Bertz CT molecular complexity index is 99.0. The Kier molecular flexibility index (Phi) is 5.34. The van der Waals surface area contributed by atoms with Gasteiger partial charge in [-0.25, -0.2) is 0 Å². The molecule has 0 aliphatic rings. The molecule has 1 heteroatoms. The van der Waals surface area contributed by atoms with Crippen molar-refractivity contribution in [3.05, 3.63) is 0 Å². The van der Waals surface area contributed by atoms with E-state index in [4.69, 9.17) is 0 Å². The van der Waals surface area contributed by atoms with Crippen LogP contribution in [0.4, 0.5) is 0 Å². The summed E-state index contributed by atoms with van der Waals surface area (Å²) in [4.78, 5) is 0. The molecular formula is C10H25P. The zero-order valence-corrected chi connectivity index (χ0v) is 9.91. The zero-order chi connectivity index (χ0) is 8.91. The van der Waals surface area contributed by atoms with Gasteiger partial charge in [0.2, 0.25) is 0 Å². The van der Waals surface area contributed by atoms with E-state index in [2.05, 4.69) is 34.4 Å². The molecule has 0 saturated carbocycles. The summed E-state index contributed by atoms with van der Waals surface area (Å²) in [5.41, 5.74) is 0.971. The third-order valence-electron chi connectivity index (χ3n) is 3.30. The minimum atomic E-state index is -0.822. The van der Waals surface area contributed by atoms with Gasteiger partial charge in [0.1, 0.15) is 0 Å². The Morgan fingerprint density at radius 2 is 1.73 bits per heavy atom. The van der Waals surface area contributed by atoms with Crippen LogP contribution in [0.5, 0.6) is 0 Å². The van der Waals surface area contributed by atoms with Crippen LogP contribution in [0.3, 0.4) is 0 Å². The Morgan fingerprint density at radius 1 is 1.18 bits per heavy atom. The molecule has 0 bridgehead atoms. The summed E-state index contributed by atoms with van der Waals surface area (Å²) in [6.07, 6.45) is 5.83. The van der Waals surface area contributed by atoms with Gasteiger partial charge in [-0.05, 0) is 0 Å². The van der Waals surface area contributed by atoms with Crippen LogP contribution in [0.25, 0.3) is 0 Å². The first-order valence-corrected chi connectivity index (χ1v) is 8.06. The maximum absolute atomic E-state index is 2.56. The molecule has 0 aliphatic carbocycles. The summed E-state index contributed by atoms with van der Waals surface area (Å²) >= 11 is 0. The molecule has 0 atom stereocenters. The van der Waals surface area contributed by atoms with Crippen LogP contribution in [0.1, 0.15) is 40.5 Å². The monoisotopic (exact) mass is 176 g/mol. The molecule has 0 rings (SSSR count). The van der Waals surface area contributed by atoms with Crippen molar-refractivity contribution in [2.75, 3.05) is 19.0 Å². The van der Waals surface area contributed by atoms with Gasteiger partial charge in [0.05, 0.1) is 0 Å². The molecule has 0 saturated heterocycles. The molecule has 0 radical (unpaired) electrons. The number of hydrogen-bond donors (Lipinski definition) is 0. The molecule has 0 aromatic carbocycles. The van der Waals surface area contributed by atoms with E-state index in [0.717, 1.165) is 5.66 Å². The van der Waals surface area contributed by atoms with Crippen LogP contribution in [0.2, 0.25) is 0 Å². The van der Waals surface area contributed by atoms with Crippen molar-refractivity contribution >= 4 is 7.26 Å². The standard InChI is InChI=1S/C10H25P/c1-6-8-9-11(5,7-2)10(3)4/h10-11H,6-9H2,1-5H3. The molecular weight excluding hydrogens is 151 g/mol. The van der Waals surface area contributed by atoms with Gasteiger partial charge in [-0.1, -0.05) is 0 Å². The van der Waals surface area contributed by atoms with Gasteiger partial charge in [-0.15, -0.1) is 0 Å². The molecule has 0 N–H and O–H groups in total. The molecule has 0 heterocycles. The summed E-state index contributed by atoms with van der Waals surface area (Å²) in [6.45, 7) is 12.1. The van der Waals surface area contributed by atoms with Crippen molar-refractivity contribution in [2.24, 2.45) is 0 Å². The van der Waals surface area contributed by atoms with Gasteiger partial charge in [0, 0.05) is 0 Å². The van der Waals surface area contributed by atoms with Crippen LogP contribution in [0, 0.1) is 0 Å². The van der Waals surface area contributed by atoms with Crippen LogP contribution in [-0.4, -0.2) is 24.6 Å². The van der Waals surface area contributed by atoms with Crippen LogP contribution in [-0.2, 0) is 0 Å². The molecule has 0 amide bonds. The zero-order valence-electron chi connectivity index (χ0n) is 8.91. The summed E-state index contributed by atoms with van der Waals surface area (Å²) in [5.74, 6) is 0. The maximum atomic E-state index is 2.56. The second-order valence-corrected chi connectivity index (χ2v) is 9.94. The average molecular weight is 176 g/mol. The van der Waals surface area contributed by atoms with E-state index >= 15 is 0 Å². The quantitative estimate of drug-likeness (QED) is 0.561. The molecule has 0 unspecified atom stereocenters. The van der Waals surface area contributed by atoms with Gasteiger partial charge in [-0.3, -0.25) is 0 Å². The predicted molar refractivity (Wildman–Crippen MR) is 59.7 cm³/mol. The number of rotatable bonds is 5. The minimum absolute atomic E-state index is 0.822. The van der Waals surface area contributed by atoms with Crippen LogP contribution < -0.4 is 0 Å². The fraction of sp³-hybridized carbons (Fsp3) is 1.00. The van der Waals surface area contributed by atoms with Crippen molar-refractivity contribution in [3.63, 3.8) is 0 Å². The van der Waals surface area contributed by atoms with E-state index in [1.54, 1.807) is 0 Å². The van der Waals surface area contributed by atoms with Crippen molar-refractivity contribution in [3.8, 4) is 0 Å². The molecule has 0 aliphatic heterocycles. The number of hydrogen-bond acceptors (Lipinski definition) is 0. The summed E-state index contributed by atoms with van der Waals surface area (Å²) in [6, 6.07) is 0. The first-order valence-electron chi connectivity index (χ1n) is 5.06. The second kappa shape index (κ2) is 5.14. The molecule has 0 spiro atoms. The Morgan fingerprint density at radius 3 is 2.00 bits per heavy atom. The fourth-order valence-corrected chi connectivity index (χ4v) is 4.36. The predicted octanol–water partition coefficient (Wildman–Crippen LogP) is 3.59. The topological polar surface area (TPSA) is 0 Å². The Labute approximate surface area is 73.1 Å². The van der Waals surface area contributed by atoms with E-state index in [1.807, 2.05) is 0 Å². The summed E-state index contributed by atoms with van der Waals surface area (Å²) in [7, 11) is -0.822. The van der Waals surface area contributed by atoms with E-state index in [1.165, 1.54) is 25.2 Å². The van der Waals surface area contributed by atoms with E-state index < -0.39 is 7.26 Å². The van der Waals surface area contributed by atoms with Crippen molar-refractivity contribution in [2.45, 2.75) is 46.2 Å². The van der Waals surface area contributed by atoms with E-state index in [-0.39, 0.29) is 0 Å². The summed E-state index contributed by atoms with van der Waals surface area (Å²) in [5, 5.41) is 0. The Hall–Kier alpha value is 0.430. The van der Waals surface area contributed by atoms with Gasteiger partial charge in [0.15, 0.2) is 0 Å². The molecule has 0 aromatic heterocycles. The molecule has 70 valence electrons. The fourth-order valence-electron chi connectivity index (χ4n) is 1.45. The Balaban J connectivity index is 3.88. The third kappa shape index (κ3) is 3.56. The molecule has 0 nitrogen and oxygen atoms in total. The summed E-state index contributed by atoms with van der Waals surface area (Å²) < 4.78 is 0.